The summed E-state index contributed by atoms with van der Waals surface area (Å²) < 4.78 is 0. The summed E-state index contributed by atoms with van der Waals surface area (Å²) in [6, 6.07) is 0.426. The first-order valence-electron chi connectivity index (χ1n) is 6.75. The highest BCUT2D eigenvalue weighted by Gasteiger charge is 2.31. The molecular weight excluding hydrogens is 264 g/mol. The number of carbonyl (C=O) groups excluding carboxylic acids is 1. The van der Waals surface area contributed by atoms with E-state index in [1.807, 2.05) is 0 Å². The molecule has 102 valence electrons. The summed E-state index contributed by atoms with van der Waals surface area (Å²) in [6.45, 7) is 1.59. The lowest BCUT2D eigenvalue weighted by molar-refractivity contribution is -0.125. The summed E-state index contributed by atoms with van der Waals surface area (Å²) >= 11 is 5.79. The molecule has 1 N–H and O–H groups in total. The molecule has 6 heteroatoms. The van der Waals surface area contributed by atoms with Crippen LogP contribution in [0.1, 0.15) is 25.7 Å². The van der Waals surface area contributed by atoms with Gasteiger partial charge in [-0.1, -0.05) is 11.6 Å². The van der Waals surface area contributed by atoms with Crippen LogP contribution in [0.4, 0.5) is 5.95 Å². The Bertz CT molecular complexity index is 460. The van der Waals surface area contributed by atoms with Crippen LogP contribution in [0.3, 0.4) is 0 Å². The second-order valence-electron chi connectivity index (χ2n) is 5.27. The summed E-state index contributed by atoms with van der Waals surface area (Å²) in [7, 11) is 0. The van der Waals surface area contributed by atoms with E-state index in [4.69, 9.17) is 11.6 Å². The summed E-state index contributed by atoms with van der Waals surface area (Å²) in [4.78, 5) is 22.6. The van der Waals surface area contributed by atoms with Gasteiger partial charge in [0.25, 0.3) is 0 Å². The molecule has 2 fully saturated rings. The highest BCUT2D eigenvalue weighted by molar-refractivity contribution is 6.30. The van der Waals surface area contributed by atoms with Gasteiger partial charge in [-0.3, -0.25) is 4.79 Å². The van der Waals surface area contributed by atoms with Crippen LogP contribution in [0.5, 0.6) is 0 Å². The third kappa shape index (κ3) is 3.15. The molecule has 0 aromatic carbocycles. The van der Waals surface area contributed by atoms with Crippen LogP contribution in [-0.4, -0.2) is 35.0 Å². The SMILES string of the molecule is O=C(NC1CC1)C1CCCN(c2ncc(Cl)cn2)C1. The first-order chi connectivity index (χ1) is 9.22. The number of hydrogen-bond donors (Lipinski definition) is 1. The van der Waals surface area contributed by atoms with E-state index in [0.29, 0.717) is 23.6 Å². The highest BCUT2D eigenvalue weighted by Crippen LogP contribution is 2.23. The molecule has 1 unspecified atom stereocenters. The molecule has 3 rings (SSSR count). The fraction of sp³-hybridized carbons (Fsp3) is 0.615. The number of nitrogens with zero attached hydrogens (tertiary/aromatic N) is 3. The van der Waals surface area contributed by atoms with Crippen molar-refractivity contribution in [3.63, 3.8) is 0 Å². The molecule has 1 aliphatic carbocycles. The van der Waals surface area contributed by atoms with Crippen LogP contribution in [0.2, 0.25) is 5.02 Å². The number of halogens is 1. The first-order valence-corrected chi connectivity index (χ1v) is 7.13. The van der Waals surface area contributed by atoms with Crippen LogP contribution in [-0.2, 0) is 4.79 Å². The van der Waals surface area contributed by atoms with E-state index < -0.39 is 0 Å². The standard InChI is InChI=1S/C13H17ClN4O/c14-10-6-15-13(16-7-10)18-5-1-2-9(8-18)12(19)17-11-3-4-11/h6-7,9,11H,1-5,8H2,(H,17,19). The summed E-state index contributed by atoms with van der Waals surface area (Å²) in [5.41, 5.74) is 0. The summed E-state index contributed by atoms with van der Waals surface area (Å²) in [5.74, 6) is 0.892. The lowest BCUT2D eigenvalue weighted by Gasteiger charge is -2.31. The normalized spacial score (nSPS) is 23.2. The maximum atomic E-state index is 12.1. The predicted octanol–water partition coefficient (Wildman–Crippen LogP) is 1.62. The molecular formula is C13H17ClN4O. The van der Waals surface area contributed by atoms with Crippen molar-refractivity contribution in [2.45, 2.75) is 31.7 Å². The van der Waals surface area contributed by atoms with Gasteiger partial charge < -0.3 is 10.2 Å². The lowest BCUT2D eigenvalue weighted by atomic mass is 9.97. The van der Waals surface area contributed by atoms with E-state index >= 15 is 0 Å². The molecule has 19 heavy (non-hydrogen) atoms. The molecule has 1 aromatic rings. The number of aromatic nitrogens is 2. The van der Waals surface area contributed by atoms with Gasteiger partial charge in [-0.25, -0.2) is 9.97 Å². The topological polar surface area (TPSA) is 58.1 Å². The fourth-order valence-corrected chi connectivity index (χ4v) is 2.49. The van der Waals surface area contributed by atoms with Crippen LogP contribution in [0, 0.1) is 5.92 Å². The quantitative estimate of drug-likeness (QED) is 0.914. The summed E-state index contributed by atoms with van der Waals surface area (Å²) in [6.07, 6.45) is 7.39. The van der Waals surface area contributed by atoms with E-state index in [1.54, 1.807) is 12.4 Å². The minimum atomic E-state index is 0.0497. The largest absolute Gasteiger partial charge is 0.353 e. The minimum Gasteiger partial charge on any atom is -0.353 e. The van der Waals surface area contributed by atoms with E-state index in [9.17, 15) is 4.79 Å². The molecule has 2 heterocycles. The van der Waals surface area contributed by atoms with Gasteiger partial charge in [0.15, 0.2) is 0 Å². The number of rotatable bonds is 3. The molecule has 0 radical (unpaired) electrons. The minimum absolute atomic E-state index is 0.0497. The van der Waals surface area contributed by atoms with Crippen molar-refractivity contribution >= 4 is 23.5 Å². The van der Waals surface area contributed by atoms with Crippen molar-refractivity contribution in [2.24, 2.45) is 5.92 Å². The van der Waals surface area contributed by atoms with Crippen molar-refractivity contribution in [3.05, 3.63) is 17.4 Å². The van der Waals surface area contributed by atoms with Crippen LogP contribution in [0.15, 0.2) is 12.4 Å². The van der Waals surface area contributed by atoms with Gasteiger partial charge in [0.2, 0.25) is 11.9 Å². The van der Waals surface area contributed by atoms with Crippen LogP contribution in [0.25, 0.3) is 0 Å². The number of anilines is 1. The van der Waals surface area contributed by atoms with Gasteiger partial charge in [0.05, 0.1) is 23.3 Å². The Labute approximate surface area is 117 Å². The molecule has 1 aromatic heterocycles. The van der Waals surface area contributed by atoms with E-state index in [-0.39, 0.29) is 11.8 Å². The Hall–Kier alpha value is -1.36. The summed E-state index contributed by atoms with van der Waals surface area (Å²) in [5, 5.41) is 3.61. The van der Waals surface area contributed by atoms with Crippen LogP contribution >= 0.6 is 11.6 Å². The third-order valence-electron chi connectivity index (χ3n) is 3.61. The van der Waals surface area contributed by atoms with Gasteiger partial charge in [0, 0.05) is 19.1 Å². The average Bonchev–Trinajstić information content (AvgIpc) is 3.24. The van der Waals surface area contributed by atoms with Gasteiger partial charge >= 0.3 is 0 Å². The van der Waals surface area contributed by atoms with Gasteiger partial charge in [-0.05, 0) is 25.7 Å². The molecule has 1 aliphatic heterocycles. The first kappa shape index (κ1) is 12.7. The Kier molecular flexibility index (Phi) is 3.55. The molecule has 1 saturated carbocycles. The second-order valence-corrected chi connectivity index (χ2v) is 5.71. The van der Waals surface area contributed by atoms with Crippen molar-refractivity contribution in [1.82, 2.24) is 15.3 Å². The maximum absolute atomic E-state index is 12.1. The predicted molar refractivity (Wildman–Crippen MR) is 73.1 cm³/mol. The van der Waals surface area contributed by atoms with Crippen molar-refractivity contribution in [2.75, 3.05) is 18.0 Å². The Morgan fingerprint density at radius 3 is 2.74 bits per heavy atom. The van der Waals surface area contributed by atoms with Crippen molar-refractivity contribution in [3.8, 4) is 0 Å². The van der Waals surface area contributed by atoms with E-state index in [0.717, 1.165) is 32.2 Å². The number of nitrogens with one attached hydrogen (secondary N) is 1. The fourth-order valence-electron chi connectivity index (χ4n) is 2.39. The van der Waals surface area contributed by atoms with Gasteiger partial charge in [-0.2, -0.15) is 0 Å². The third-order valence-corrected chi connectivity index (χ3v) is 3.80. The Balaban J connectivity index is 1.63. The highest BCUT2D eigenvalue weighted by atomic mass is 35.5. The number of piperidine rings is 1. The molecule has 2 aliphatic rings. The van der Waals surface area contributed by atoms with Crippen LogP contribution < -0.4 is 10.2 Å². The number of carbonyl (C=O) groups is 1. The van der Waals surface area contributed by atoms with E-state index in [1.165, 1.54) is 0 Å². The Morgan fingerprint density at radius 2 is 2.05 bits per heavy atom. The molecule has 1 saturated heterocycles. The van der Waals surface area contributed by atoms with Gasteiger partial charge in [-0.15, -0.1) is 0 Å². The zero-order valence-corrected chi connectivity index (χ0v) is 11.4. The lowest BCUT2D eigenvalue weighted by Crippen LogP contribution is -2.44. The van der Waals surface area contributed by atoms with E-state index in [2.05, 4.69) is 20.2 Å². The molecule has 0 bridgehead atoms. The second kappa shape index (κ2) is 5.33. The smallest absolute Gasteiger partial charge is 0.225 e. The maximum Gasteiger partial charge on any atom is 0.225 e. The van der Waals surface area contributed by atoms with Gasteiger partial charge in [0.1, 0.15) is 0 Å². The molecule has 1 amide bonds. The van der Waals surface area contributed by atoms with Crippen molar-refractivity contribution < 1.29 is 4.79 Å². The zero-order chi connectivity index (χ0) is 13.2. The zero-order valence-electron chi connectivity index (χ0n) is 10.7. The molecule has 5 nitrogen and oxygen atoms in total. The molecule has 0 spiro atoms. The Morgan fingerprint density at radius 1 is 1.32 bits per heavy atom. The molecule has 1 atom stereocenters. The monoisotopic (exact) mass is 280 g/mol. The van der Waals surface area contributed by atoms with Crippen molar-refractivity contribution in [1.29, 1.82) is 0 Å². The average molecular weight is 281 g/mol. The number of amides is 1. The number of hydrogen-bond acceptors (Lipinski definition) is 4.